The zero-order valence-electron chi connectivity index (χ0n) is 13.7. The second kappa shape index (κ2) is 5.88. The molecule has 2 amide bonds. The van der Waals surface area contributed by atoms with E-state index in [1.54, 1.807) is 23.9 Å². The van der Waals surface area contributed by atoms with Gasteiger partial charge in [0.05, 0.1) is 6.42 Å². The number of amides is 2. The summed E-state index contributed by atoms with van der Waals surface area (Å²) in [5.74, 6) is 0.181. The van der Waals surface area contributed by atoms with Crippen LogP contribution in [0.25, 0.3) is 11.1 Å². The number of fused-ring (bicyclic) bond motifs is 1. The summed E-state index contributed by atoms with van der Waals surface area (Å²) in [4.78, 5) is 27.0. The van der Waals surface area contributed by atoms with E-state index in [-0.39, 0.29) is 11.8 Å². The number of rotatable bonds is 3. The predicted octanol–water partition coefficient (Wildman–Crippen LogP) is 2.57. The topological polar surface area (TPSA) is 40.6 Å². The van der Waals surface area contributed by atoms with Gasteiger partial charge in [0, 0.05) is 33.3 Å². The molecule has 2 aromatic rings. The van der Waals surface area contributed by atoms with E-state index in [1.165, 1.54) is 0 Å². The fourth-order valence-corrected chi connectivity index (χ4v) is 2.79. The van der Waals surface area contributed by atoms with Crippen LogP contribution in [0.1, 0.15) is 21.5 Å². The molecular weight excluding hydrogens is 288 g/mol. The molecule has 0 aromatic heterocycles. The third-order valence-corrected chi connectivity index (χ3v) is 4.23. The first-order chi connectivity index (χ1) is 11.0. The standard InChI is InChI=1S/C19H20N2O2/c1-20(2)18(22)10-13-4-6-14(7-5-13)15-8-9-17-16(11-15)12-21(3)19(17)23/h4-9,11H,10,12H2,1-3H3. The molecule has 0 unspecified atom stereocenters. The van der Waals surface area contributed by atoms with Gasteiger partial charge in [-0.25, -0.2) is 0 Å². The van der Waals surface area contributed by atoms with Crippen LogP contribution in [0, 0.1) is 0 Å². The zero-order chi connectivity index (χ0) is 16.6. The Bertz CT molecular complexity index is 763. The van der Waals surface area contributed by atoms with Crippen molar-refractivity contribution in [1.82, 2.24) is 9.80 Å². The number of hydrogen-bond donors (Lipinski definition) is 0. The summed E-state index contributed by atoms with van der Waals surface area (Å²) < 4.78 is 0. The third kappa shape index (κ3) is 2.97. The zero-order valence-corrected chi connectivity index (χ0v) is 13.7. The van der Waals surface area contributed by atoms with Gasteiger partial charge in [-0.2, -0.15) is 0 Å². The lowest BCUT2D eigenvalue weighted by molar-refractivity contribution is -0.127. The molecule has 3 rings (SSSR count). The molecule has 0 fully saturated rings. The Morgan fingerprint density at radius 1 is 1.09 bits per heavy atom. The van der Waals surface area contributed by atoms with E-state index in [1.807, 2.05) is 43.4 Å². The van der Waals surface area contributed by atoms with Crippen molar-refractivity contribution >= 4 is 11.8 Å². The van der Waals surface area contributed by atoms with Gasteiger partial charge in [0.1, 0.15) is 0 Å². The summed E-state index contributed by atoms with van der Waals surface area (Å²) in [5.41, 5.74) is 5.06. The highest BCUT2D eigenvalue weighted by molar-refractivity contribution is 5.98. The summed E-state index contributed by atoms with van der Waals surface area (Å²) in [5, 5.41) is 0. The Balaban J connectivity index is 1.82. The van der Waals surface area contributed by atoms with Crippen molar-refractivity contribution in [3.63, 3.8) is 0 Å². The second-order valence-electron chi connectivity index (χ2n) is 6.20. The van der Waals surface area contributed by atoms with Crippen LogP contribution in [0.5, 0.6) is 0 Å². The average molecular weight is 308 g/mol. The Hall–Kier alpha value is -2.62. The molecule has 0 bridgehead atoms. The first-order valence-electron chi connectivity index (χ1n) is 7.63. The molecule has 4 heteroatoms. The summed E-state index contributed by atoms with van der Waals surface area (Å²) in [7, 11) is 5.34. The molecule has 2 aromatic carbocycles. The lowest BCUT2D eigenvalue weighted by Crippen LogP contribution is -2.23. The van der Waals surface area contributed by atoms with Gasteiger partial charge in [0.15, 0.2) is 0 Å². The highest BCUT2D eigenvalue weighted by Crippen LogP contribution is 2.28. The monoisotopic (exact) mass is 308 g/mol. The van der Waals surface area contributed by atoms with Gasteiger partial charge in [0.2, 0.25) is 5.91 Å². The molecule has 0 saturated heterocycles. The molecule has 1 heterocycles. The van der Waals surface area contributed by atoms with E-state index in [0.29, 0.717) is 13.0 Å². The Labute approximate surface area is 136 Å². The number of likely N-dealkylation sites (N-methyl/N-ethyl adjacent to an activating group) is 1. The minimum atomic E-state index is 0.0871. The highest BCUT2D eigenvalue weighted by atomic mass is 16.2. The van der Waals surface area contributed by atoms with Crippen LogP contribution >= 0.6 is 0 Å². The van der Waals surface area contributed by atoms with Gasteiger partial charge in [-0.15, -0.1) is 0 Å². The van der Waals surface area contributed by atoms with Crippen molar-refractivity contribution in [2.24, 2.45) is 0 Å². The Morgan fingerprint density at radius 2 is 1.74 bits per heavy atom. The molecule has 0 atom stereocenters. The number of carbonyl (C=O) groups excluding carboxylic acids is 2. The minimum Gasteiger partial charge on any atom is -0.349 e. The fourth-order valence-electron chi connectivity index (χ4n) is 2.79. The van der Waals surface area contributed by atoms with E-state index in [4.69, 9.17) is 0 Å². The number of hydrogen-bond acceptors (Lipinski definition) is 2. The summed E-state index contributed by atoms with van der Waals surface area (Å²) in [6.45, 7) is 0.664. The van der Waals surface area contributed by atoms with Crippen LogP contribution in [-0.4, -0.2) is 42.8 Å². The van der Waals surface area contributed by atoms with Crippen molar-refractivity contribution < 1.29 is 9.59 Å². The number of benzene rings is 2. The van der Waals surface area contributed by atoms with E-state index < -0.39 is 0 Å². The molecule has 4 nitrogen and oxygen atoms in total. The van der Waals surface area contributed by atoms with Crippen molar-refractivity contribution in [3.8, 4) is 11.1 Å². The minimum absolute atomic E-state index is 0.0871. The van der Waals surface area contributed by atoms with Crippen LogP contribution in [0.2, 0.25) is 0 Å². The largest absolute Gasteiger partial charge is 0.349 e. The first kappa shape index (κ1) is 15.3. The maximum atomic E-state index is 11.9. The number of carbonyl (C=O) groups is 2. The highest BCUT2D eigenvalue weighted by Gasteiger charge is 2.24. The fraction of sp³-hybridized carbons (Fsp3) is 0.263. The number of nitrogens with zero attached hydrogens (tertiary/aromatic N) is 2. The normalized spacial score (nSPS) is 13.2. The SMILES string of the molecule is CN(C)C(=O)Cc1ccc(-c2ccc3c(c2)CN(C)C3=O)cc1. The van der Waals surface area contributed by atoms with Crippen LogP contribution in [-0.2, 0) is 17.8 Å². The molecule has 1 aliphatic rings. The molecule has 118 valence electrons. The summed E-state index contributed by atoms with van der Waals surface area (Å²) >= 11 is 0. The summed E-state index contributed by atoms with van der Waals surface area (Å²) in [6.07, 6.45) is 0.413. The predicted molar refractivity (Wildman–Crippen MR) is 90.1 cm³/mol. The molecule has 0 N–H and O–H groups in total. The maximum Gasteiger partial charge on any atom is 0.254 e. The molecule has 23 heavy (non-hydrogen) atoms. The van der Waals surface area contributed by atoms with E-state index in [9.17, 15) is 9.59 Å². The molecule has 0 radical (unpaired) electrons. The lowest BCUT2D eigenvalue weighted by atomic mass is 9.99. The van der Waals surface area contributed by atoms with E-state index >= 15 is 0 Å². The Kier molecular flexibility index (Phi) is 3.90. The van der Waals surface area contributed by atoms with Gasteiger partial charge >= 0.3 is 0 Å². The van der Waals surface area contributed by atoms with Crippen molar-refractivity contribution in [2.75, 3.05) is 21.1 Å². The molecule has 0 spiro atoms. The van der Waals surface area contributed by atoms with Gasteiger partial charge < -0.3 is 9.80 Å². The van der Waals surface area contributed by atoms with Gasteiger partial charge in [-0.1, -0.05) is 30.3 Å². The molecular formula is C19H20N2O2. The van der Waals surface area contributed by atoms with E-state index in [0.717, 1.165) is 27.8 Å². The van der Waals surface area contributed by atoms with Crippen LogP contribution in [0.4, 0.5) is 0 Å². The van der Waals surface area contributed by atoms with Crippen molar-refractivity contribution in [1.29, 1.82) is 0 Å². The third-order valence-electron chi connectivity index (χ3n) is 4.23. The van der Waals surface area contributed by atoms with Crippen molar-refractivity contribution in [2.45, 2.75) is 13.0 Å². The van der Waals surface area contributed by atoms with Crippen LogP contribution in [0.3, 0.4) is 0 Å². The summed E-state index contributed by atoms with van der Waals surface area (Å²) in [6, 6.07) is 14.0. The smallest absolute Gasteiger partial charge is 0.254 e. The van der Waals surface area contributed by atoms with Gasteiger partial charge in [0.25, 0.3) is 5.91 Å². The first-order valence-corrected chi connectivity index (χ1v) is 7.63. The second-order valence-corrected chi connectivity index (χ2v) is 6.20. The van der Waals surface area contributed by atoms with Crippen LogP contribution in [0.15, 0.2) is 42.5 Å². The van der Waals surface area contributed by atoms with Gasteiger partial charge in [-0.05, 0) is 34.4 Å². The van der Waals surface area contributed by atoms with E-state index in [2.05, 4.69) is 6.07 Å². The van der Waals surface area contributed by atoms with Gasteiger partial charge in [-0.3, -0.25) is 9.59 Å². The Morgan fingerprint density at radius 3 is 2.39 bits per heavy atom. The molecule has 1 aliphatic heterocycles. The molecule has 0 aliphatic carbocycles. The lowest BCUT2D eigenvalue weighted by Gasteiger charge is -2.10. The maximum absolute atomic E-state index is 11.9. The van der Waals surface area contributed by atoms with Crippen LogP contribution < -0.4 is 0 Å². The quantitative estimate of drug-likeness (QED) is 0.874. The molecule has 0 saturated carbocycles. The average Bonchev–Trinajstić information content (AvgIpc) is 2.82. The van der Waals surface area contributed by atoms with Crippen molar-refractivity contribution in [3.05, 3.63) is 59.2 Å².